The van der Waals surface area contributed by atoms with Gasteiger partial charge in [0.05, 0.1) is 29.4 Å². The fourth-order valence-electron chi connectivity index (χ4n) is 16.0. The fraction of sp³-hybridized carbons (Fsp3) is 0.494. The van der Waals surface area contributed by atoms with E-state index in [0.29, 0.717) is 45.6 Å². The van der Waals surface area contributed by atoms with Crippen LogP contribution in [-0.2, 0) is 28.9 Å². The number of piperazine rings is 1. The summed E-state index contributed by atoms with van der Waals surface area (Å²) in [7, 11) is 3.52. The van der Waals surface area contributed by atoms with Gasteiger partial charge in [-0.2, -0.15) is 15.0 Å². The number of nitrogens with one attached hydrogen (secondary N) is 6. The van der Waals surface area contributed by atoms with Crippen molar-refractivity contribution in [2.75, 3.05) is 102 Å². The smallest absolute Gasteiger partial charge is 0.280 e. The minimum absolute atomic E-state index is 0.0291. The summed E-state index contributed by atoms with van der Waals surface area (Å²) >= 11 is 0. The van der Waals surface area contributed by atoms with Gasteiger partial charge in [-0.15, -0.1) is 0 Å². The highest BCUT2D eigenvalue weighted by Gasteiger charge is 2.28. The summed E-state index contributed by atoms with van der Waals surface area (Å²) in [6.45, 7) is 16.2. The number of benzene rings is 3. The maximum atomic E-state index is 13.3. The quantitative estimate of drug-likeness (QED) is 0.0218. The molecule has 3 aliphatic carbocycles. The van der Waals surface area contributed by atoms with E-state index in [0.717, 1.165) is 159 Å². The van der Waals surface area contributed by atoms with Crippen LogP contribution >= 0.6 is 0 Å². The van der Waals surface area contributed by atoms with Crippen molar-refractivity contribution in [3.63, 3.8) is 0 Å². The first-order chi connectivity index (χ1) is 54.1. The van der Waals surface area contributed by atoms with Crippen LogP contribution in [0.3, 0.4) is 0 Å². The number of hydrogen-bond acceptors (Lipinski definition) is 22. The normalized spacial score (nSPS) is 17.1. The number of carbonyl (C=O) groups excluding carboxylic acids is 3. The van der Waals surface area contributed by atoms with Crippen LogP contribution in [0.25, 0.3) is 33.1 Å². The zero-order chi connectivity index (χ0) is 77.2. The topological polar surface area (TPSA) is 318 Å². The van der Waals surface area contributed by atoms with Gasteiger partial charge in [-0.25, -0.2) is 31.4 Å². The molecule has 15 rings (SSSR count). The Morgan fingerprint density at radius 3 is 1.06 bits per heavy atom. The van der Waals surface area contributed by atoms with Crippen molar-refractivity contribution in [1.29, 1.82) is 0 Å². The van der Waals surface area contributed by atoms with E-state index < -0.39 is 34.0 Å². The summed E-state index contributed by atoms with van der Waals surface area (Å²) < 4.78 is 5.89. The number of hydroxylamine groups is 3. The van der Waals surface area contributed by atoms with E-state index in [1.165, 1.54) is 120 Å². The third-order valence-corrected chi connectivity index (χ3v) is 22.4. The van der Waals surface area contributed by atoms with Crippen LogP contribution in [0.4, 0.5) is 34.9 Å². The molecule has 0 spiro atoms. The Labute approximate surface area is 647 Å². The first-order valence-corrected chi connectivity index (χ1v) is 40.0. The Morgan fingerprint density at radius 1 is 0.432 bits per heavy atom. The summed E-state index contributed by atoms with van der Waals surface area (Å²) in [6, 6.07) is 25.5. The van der Waals surface area contributed by atoms with Crippen molar-refractivity contribution >= 4 is 85.7 Å². The molecule has 0 atom stereocenters. The van der Waals surface area contributed by atoms with Crippen LogP contribution < -0.4 is 48.7 Å². The molecule has 28 nitrogen and oxygen atoms in total. The van der Waals surface area contributed by atoms with Crippen LogP contribution in [0.5, 0.6) is 0 Å². The molecule has 9 heterocycles. The molecule has 6 fully saturated rings. The lowest BCUT2D eigenvalue weighted by Crippen LogP contribution is -2.45. The van der Waals surface area contributed by atoms with Gasteiger partial charge in [0.2, 0.25) is 34.1 Å². The van der Waals surface area contributed by atoms with Crippen molar-refractivity contribution in [1.82, 2.24) is 79.6 Å². The molecule has 3 saturated heterocycles. The Morgan fingerprint density at radius 2 is 0.748 bits per heavy atom. The van der Waals surface area contributed by atoms with E-state index in [9.17, 15) is 28.8 Å². The second-order valence-corrected chi connectivity index (χ2v) is 30.6. The van der Waals surface area contributed by atoms with Gasteiger partial charge >= 0.3 is 0 Å². The molecular formula is C83H107N19O9. The molecule has 6 aromatic heterocycles. The molecule has 3 saturated carbocycles. The molecule has 0 radical (unpaired) electrons. The van der Waals surface area contributed by atoms with Crippen LogP contribution in [0.1, 0.15) is 202 Å². The number of aromatic nitrogens is 9. The van der Waals surface area contributed by atoms with Crippen LogP contribution in [0.2, 0.25) is 0 Å². The number of hydrogen-bond donors (Lipinski definition) is 7. The summed E-state index contributed by atoms with van der Waals surface area (Å²) in [5, 5.41) is 19.9. The number of nitrogens with zero attached hydrogens (tertiary/aromatic N) is 13. The standard InChI is InChI=1S/C29H38N6O3.C28H37N7O3.C26H32N6O3/c1-20(2)38-33-28(37)25-19-35(23-8-4-3-5-9-23)27-24(26(25)36)18-30-29(32-27)31-22-12-10-21(11-13-22)14-17-34-15-6-7-16-34;1-33-14-16-34(17-15-33)13-12-20-8-10-21(11-9-20)30-28-29-18-23-25(36)24(27(37)32-38-2)19-35(26(23)31-28)22-6-4-3-5-7-22;33-23-21-16-27-26(28-19-10-8-18(9-11-19)12-15-31-13-4-5-14-31)29-24(21)32(17-22(23)25(34)30-35)20-6-2-1-3-7-20/h10-13,18-20,23H,3-9,14-17H2,1-2H3,(H,33,37)(H,30,31,32);8-11,18-19,22H,3-7,12-17H2,1-2H3,(H,32,37)(H,29,30,31);8-11,16-17,20,35H,1-7,12-15H2,(H,30,34)(H,27,28,29). The lowest BCUT2D eigenvalue weighted by molar-refractivity contribution is 0.0000715. The summed E-state index contributed by atoms with van der Waals surface area (Å²) in [5.74, 6) is -0.715. The molecule has 9 aromatic rings. The zero-order valence-corrected chi connectivity index (χ0v) is 64.6. The van der Waals surface area contributed by atoms with E-state index in [4.69, 9.17) is 24.9 Å². The van der Waals surface area contributed by atoms with Gasteiger partial charge in [-0.1, -0.05) is 94.2 Å². The van der Waals surface area contributed by atoms with E-state index >= 15 is 0 Å². The largest absolute Gasteiger partial charge is 0.328 e. The van der Waals surface area contributed by atoms with Gasteiger partial charge in [-0.05, 0) is 184 Å². The van der Waals surface area contributed by atoms with Gasteiger partial charge < -0.3 is 49.3 Å². The predicted molar refractivity (Wildman–Crippen MR) is 431 cm³/mol. The molecule has 111 heavy (non-hydrogen) atoms. The van der Waals surface area contributed by atoms with Crippen molar-refractivity contribution in [2.45, 2.75) is 179 Å². The number of likely N-dealkylation sites (tertiary alicyclic amines) is 2. The number of fused-ring (bicyclic) bond motifs is 3. The van der Waals surface area contributed by atoms with Crippen molar-refractivity contribution in [2.24, 2.45) is 0 Å². The van der Waals surface area contributed by atoms with E-state index in [-0.39, 0.29) is 46.3 Å². The lowest BCUT2D eigenvalue weighted by atomic mass is 9.95. The van der Waals surface area contributed by atoms with Crippen molar-refractivity contribution < 1.29 is 29.3 Å². The summed E-state index contributed by atoms with van der Waals surface area (Å²) in [6.07, 6.45) is 33.4. The third kappa shape index (κ3) is 20.6. The van der Waals surface area contributed by atoms with E-state index in [2.05, 4.69) is 110 Å². The Kier molecular flexibility index (Phi) is 27.3. The third-order valence-electron chi connectivity index (χ3n) is 22.4. The van der Waals surface area contributed by atoms with E-state index in [1.807, 2.05) is 63.9 Å². The van der Waals surface area contributed by atoms with Crippen LogP contribution in [0, 0.1) is 0 Å². The van der Waals surface area contributed by atoms with Gasteiger partial charge in [0.15, 0.2) is 0 Å². The van der Waals surface area contributed by atoms with Crippen molar-refractivity contribution in [3.8, 4) is 0 Å². The zero-order valence-electron chi connectivity index (χ0n) is 64.6. The van der Waals surface area contributed by atoms with Crippen LogP contribution in [0.15, 0.2) is 124 Å². The maximum Gasteiger partial charge on any atom is 0.280 e. The second-order valence-electron chi connectivity index (χ2n) is 30.6. The van der Waals surface area contributed by atoms with E-state index in [1.54, 1.807) is 17.9 Å². The maximum absolute atomic E-state index is 13.3. The molecule has 7 N–H and O–H groups in total. The Balaban J connectivity index is 0.000000146. The first-order valence-electron chi connectivity index (χ1n) is 40.0. The van der Waals surface area contributed by atoms with Gasteiger partial charge in [-0.3, -0.25) is 43.6 Å². The first kappa shape index (κ1) is 79.2. The molecule has 0 bridgehead atoms. The number of rotatable bonds is 24. The van der Waals surface area contributed by atoms with Crippen molar-refractivity contribution in [3.05, 3.63) is 174 Å². The highest BCUT2D eigenvalue weighted by Crippen LogP contribution is 2.34. The SMILES string of the molecule is CC(C)ONC(=O)c1cn(C2CCCCC2)c2nc(Nc3ccc(CCN4CCCC4)cc3)ncc2c1=O.CONC(=O)c1cn(C2CCCCC2)c2nc(Nc3ccc(CCN4CCN(C)CC4)cc3)ncc2c1=O.O=C(NO)c1cn(C2CCCCC2)c2nc(Nc3ccc(CCN4CCCC4)cc3)ncc2c1=O. The highest BCUT2D eigenvalue weighted by atomic mass is 16.7. The average molecular weight is 1510 g/mol. The van der Waals surface area contributed by atoms with Gasteiger partial charge in [0.25, 0.3) is 17.7 Å². The Hall–Kier alpha value is -9.94. The van der Waals surface area contributed by atoms with Gasteiger partial charge in [0, 0.05) is 118 Å². The Bertz CT molecular complexity index is 4820. The molecule has 588 valence electrons. The summed E-state index contributed by atoms with van der Waals surface area (Å²) in [5.41, 5.74) is 13.0. The number of likely N-dealkylation sites (N-methyl/N-ethyl adjacent to an activating group) is 1. The molecule has 28 heteroatoms. The number of anilines is 6. The summed E-state index contributed by atoms with van der Waals surface area (Å²) in [4.78, 5) is 124. The number of pyridine rings is 3. The van der Waals surface area contributed by atoms with Crippen LogP contribution in [-0.4, -0.2) is 178 Å². The predicted octanol–water partition coefficient (Wildman–Crippen LogP) is 11.7. The average Bonchev–Trinajstić information content (AvgIpc) is 1.53. The lowest BCUT2D eigenvalue weighted by Gasteiger charge is -2.32. The molecule has 3 aromatic carbocycles. The molecular weight excluding hydrogens is 1410 g/mol. The highest BCUT2D eigenvalue weighted by molar-refractivity contribution is 5.98. The molecule has 0 unspecified atom stereocenters. The minimum Gasteiger partial charge on any atom is -0.328 e. The number of carbonyl (C=O) groups is 3. The van der Waals surface area contributed by atoms with Gasteiger partial charge in [0.1, 0.15) is 33.6 Å². The monoisotopic (exact) mass is 1510 g/mol. The molecule has 3 aliphatic heterocycles. The molecule has 6 aliphatic rings. The second kappa shape index (κ2) is 38.3. The fourth-order valence-corrected chi connectivity index (χ4v) is 16.0. The molecule has 3 amide bonds. The minimum atomic E-state index is -0.825. The number of amides is 3.